The van der Waals surface area contributed by atoms with E-state index in [1.165, 1.54) is 12.1 Å². The Morgan fingerprint density at radius 3 is 2.58 bits per heavy atom. The first-order valence-corrected chi connectivity index (χ1v) is 10.5. The predicted molar refractivity (Wildman–Crippen MR) is 126 cm³/mol. The van der Waals surface area contributed by atoms with E-state index in [1.807, 2.05) is 36.5 Å². The highest BCUT2D eigenvalue weighted by Crippen LogP contribution is 2.18. The molecule has 2 N–H and O–H groups in total. The van der Waals surface area contributed by atoms with Gasteiger partial charge in [-0.15, -0.1) is 0 Å². The SMILES string of the molecule is N#C/C(=C/c1ccc(OCc2ccc(F)cc2)cc1)C(=O)NCCc1c[nH]c2ccccc12. The molecule has 0 atom stereocenters. The Morgan fingerprint density at radius 2 is 1.82 bits per heavy atom. The van der Waals surface area contributed by atoms with Crippen LogP contribution in [0.15, 0.2) is 84.6 Å². The van der Waals surface area contributed by atoms with Crippen molar-refractivity contribution in [2.24, 2.45) is 0 Å². The summed E-state index contributed by atoms with van der Waals surface area (Å²) in [6.45, 7) is 0.744. The van der Waals surface area contributed by atoms with Crippen LogP contribution in [0.2, 0.25) is 0 Å². The lowest BCUT2D eigenvalue weighted by atomic mass is 10.1. The molecule has 1 heterocycles. The molecule has 4 rings (SSSR count). The van der Waals surface area contributed by atoms with E-state index in [-0.39, 0.29) is 11.4 Å². The summed E-state index contributed by atoms with van der Waals surface area (Å²) in [6.07, 6.45) is 4.15. The van der Waals surface area contributed by atoms with Crippen molar-refractivity contribution in [3.8, 4) is 11.8 Å². The second kappa shape index (κ2) is 10.3. The van der Waals surface area contributed by atoms with Crippen LogP contribution < -0.4 is 10.1 Å². The number of fused-ring (bicyclic) bond motifs is 1. The van der Waals surface area contributed by atoms with Gasteiger partial charge in [0.2, 0.25) is 0 Å². The number of halogens is 1. The van der Waals surface area contributed by atoms with Crippen molar-refractivity contribution >= 4 is 22.9 Å². The van der Waals surface area contributed by atoms with Gasteiger partial charge in [0.25, 0.3) is 5.91 Å². The van der Waals surface area contributed by atoms with E-state index < -0.39 is 5.91 Å². The highest BCUT2D eigenvalue weighted by Gasteiger charge is 2.10. The van der Waals surface area contributed by atoms with E-state index in [4.69, 9.17) is 4.74 Å². The van der Waals surface area contributed by atoms with Gasteiger partial charge in [-0.1, -0.05) is 42.5 Å². The number of nitrogens with zero attached hydrogens (tertiary/aromatic N) is 1. The summed E-state index contributed by atoms with van der Waals surface area (Å²) < 4.78 is 18.7. The standard InChI is InChI=1S/C27H22FN3O2/c28-23-9-5-20(6-10-23)18-33-24-11-7-19(8-12-24)15-22(16-29)27(32)30-14-13-21-17-31-26-4-2-1-3-25(21)26/h1-12,15,17,31H,13-14,18H2,(H,30,32)/b22-15-. The summed E-state index contributed by atoms with van der Waals surface area (Å²) in [4.78, 5) is 15.7. The number of rotatable bonds is 8. The number of amides is 1. The number of nitrogens with one attached hydrogen (secondary N) is 2. The number of aromatic amines is 1. The number of ether oxygens (including phenoxy) is 1. The Kier molecular flexibility index (Phi) is 6.81. The molecule has 0 aliphatic heterocycles. The van der Waals surface area contributed by atoms with E-state index in [0.717, 1.165) is 22.0 Å². The van der Waals surface area contributed by atoms with Crippen molar-refractivity contribution in [1.29, 1.82) is 5.26 Å². The third-order valence-electron chi connectivity index (χ3n) is 5.23. The average Bonchev–Trinajstić information content (AvgIpc) is 3.26. The lowest BCUT2D eigenvalue weighted by Crippen LogP contribution is -2.26. The molecule has 33 heavy (non-hydrogen) atoms. The molecule has 4 aromatic rings. The minimum absolute atomic E-state index is 0.0360. The molecule has 3 aromatic carbocycles. The summed E-state index contributed by atoms with van der Waals surface area (Å²) >= 11 is 0. The number of para-hydroxylation sites is 1. The minimum atomic E-state index is -0.408. The third kappa shape index (κ3) is 5.66. The first kappa shape index (κ1) is 21.8. The summed E-state index contributed by atoms with van der Waals surface area (Å²) in [7, 11) is 0. The van der Waals surface area contributed by atoms with Crippen molar-refractivity contribution in [2.75, 3.05) is 6.54 Å². The first-order chi connectivity index (χ1) is 16.1. The van der Waals surface area contributed by atoms with Gasteiger partial charge >= 0.3 is 0 Å². The van der Waals surface area contributed by atoms with Gasteiger partial charge in [0.1, 0.15) is 29.8 Å². The zero-order chi connectivity index (χ0) is 23.0. The molecule has 0 aliphatic rings. The Balaban J connectivity index is 1.32. The maximum Gasteiger partial charge on any atom is 0.261 e. The normalized spacial score (nSPS) is 11.2. The van der Waals surface area contributed by atoms with Crippen molar-refractivity contribution in [3.63, 3.8) is 0 Å². The molecule has 0 saturated carbocycles. The fourth-order valence-corrected chi connectivity index (χ4v) is 3.47. The highest BCUT2D eigenvalue weighted by atomic mass is 19.1. The molecule has 1 amide bonds. The number of hydrogen-bond donors (Lipinski definition) is 2. The van der Waals surface area contributed by atoms with E-state index in [1.54, 1.807) is 42.5 Å². The lowest BCUT2D eigenvalue weighted by Gasteiger charge is -2.07. The highest BCUT2D eigenvalue weighted by molar-refractivity contribution is 6.01. The fourth-order valence-electron chi connectivity index (χ4n) is 3.47. The van der Waals surface area contributed by atoms with Crippen LogP contribution in [0, 0.1) is 17.1 Å². The largest absolute Gasteiger partial charge is 0.489 e. The van der Waals surface area contributed by atoms with E-state index in [2.05, 4.69) is 10.3 Å². The van der Waals surface area contributed by atoms with E-state index in [9.17, 15) is 14.4 Å². The number of aromatic nitrogens is 1. The van der Waals surface area contributed by atoms with Gasteiger partial charge in [-0.3, -0.25) is 4.79 Å². The van der Waals surface area contributed by atoms with Gasteiger partial charge in [0.05, 0.1) is 0 Å². The molecule has 0 fully saturated rings. The molecular weight excluding hydrogens is 417 g/mol. The van der Waals surface area contributed by atoms with Crippen LogP contribution >= 0.6 is 0 Å². The molecule has 0 bridgehead atoms. The second-order valence-electron chi connectivity index (χ2n) is 7.52. The van der Waals surface area contributed by atoms with Gasteiger partial charge in [-0.2, -0.15) is 5.26 Å². The summed E-state index contributed by atoms with van der Waals surface area (Å²) in [6, 6.07) is 23.2. The quantitative estimate of drug-likeness (QED) is 0.294. The van der Waals surface area contributed by atoms with Gasteiger partial charge < -0.3 is 15.0 Å². The zero-order valence-corrected chi connectivity index (χ0v) is 17.8. The molecule has 0 unspecified atom stereocenters. The number of carbonyl (C=O) groups is 1. The summed E-state index contributed by atoms with van der Waals surface area (Å²) in [5.74, 6) is -0.0580. The smallest absolute Gasteiger partial charge is 0.261 e. The second-order valence-corrected chi connectivity index (χ2v) is 7.52. The Morgan fingerprint density at radius 1 is 1.06 bits per heavy atom. The van der Waals surface area contributed by atoms with Gasteiger partial charge in [-0.05, 0) is 59.5 Å². The number of hydrogen-bond acceptors (Lipinski definition) is 3. The maximum absolute atomic E-state index is 13.0. The maximum atomic E-state index is 13.0. The van der Waals surface area contributed by atoms with Crippen LogP contribution in [0.1, 0.15) is 16.7 Å². The van der Waals surface area contributed by atoms with E-state index in [0.29, 0.717) is 30.9 Å². The van der Waals surface area contributed by atoms with Crippen LogP contribution in [0.5, 0.6) is 5.75 Å². The molecule has 6 heteroatoms. The van der Waals surface area contributed by atoms with Crippen LogP contribution in [0.3, 0.4) is 0 Å². The van der Waals surface area contributed by atoms with Crippen molar-refractivity contribution in [2.45, 2.75) is 13.0 Å². The molecule has 0 radical (unpaired) electrons. The number of benzene rings is 3. The van der Waals surface area contributed by atoms with Crippen LogP contribution in [0.4, 0.5) is 4.39 Å². The minimum Gasteiger partial charge on any atom is -0.489 e. The summed E-state index contributed by atoms with van der Waals surface area (Å²) in [5, 5.41) is 13.4. The summed E-state index contributed by atoms with van der Waals surface area (Å²) in [5.41, 5.74) is 3.78. The topological polar surface area (TPSA) is 77.9 Å². The van der Waals surface area contributed by atoms with Gasteiger partial charge in [0.15, 0.2) is 0 Å². The first-order valence-electron chi connectivity index (χ1n) is 10.5. The molecule has 0 aliphatic carbocycles. The molecule has 0 saturated heterocycles. The number of carbonyl (C=O) groups excluding carboxylic acids is 1. The monoisotopic (exact) mass is 439 g/mol. The number of H-pyrrole nitrogens is 1. The molecule has 0 spiro atoms. The van der Waals surface area contributed by atoms with Crippen molar-refractivity contribution in [3.05, 3.63) is 107 Å². The Hall–Kier alpha value is -4.37. The Bertz CT molecular complexity index is 1320. The van der Waals surface area contributed by atoms with Gasteiger partial charge in [0, 0.05) is 23.6 Å². The van der Waals surface area contributed by atoms with Crippen LogP contribution in [0.25, 0.3) is 17.0 Å². The van der Waals surface area contributed by atoms with Crippen LogP contribution in [-0.4, -0.2) is 17.4 Å². The van der Waals surface area contributed by atoms with Crippen LogP contribution in [-0.2, 0) is 17.8 Å². The lowest BCUT2D eigenvalue weighted by molar-refractivity contribution is -0.117. The fraction of sp³-hybridized carbons (Fsp3) is 0.111. The average molecular weight is 439 g/mol. The molecule has 1 aromatic heterocycles. The third-order valence-corrected chi connectivity index (χ3v) is 5.23. The number of nitriles is 1. The van der Waals surface area contributed by atoms with Gasteiger partial charge in [-0.25, -0.2) is 4.39 Å². The Labute approximate surface area is 191 Å². The molecule has 5 nitrogen and oxygen atoms in total. The molecule has 164 valence electrons. The van der Waals surface area contributed by atoms with E-state index >= 15 is 0 Å². The zero-order valence-electron chi connectivity index (χ0n) is 17.8. The predicted octanol–water partition coefficient (Wildman–Crippen LogP) is 5.15. The molecular formula is C27H22FN3O2. The van der Waals surface area contributed by atoms with Crippen molar-refractivity contribution < 1.29 is 13.9 Å². The van der Waals surface area contributed by atoms with Crippen molar-refractivity contribution in [1.82, 2.24) is 10.3 Å².